The largest absolute Gasteiger partial charge is 0.421 e. The molecule has 0 saturated heterocycles. The van der Waals surface area contributed by atoms with Crippen LogP contribution in [0.3, 0.4) is 0 Å². The first kappa shape index (κ1) is 16.4. The standard InChI is InChI=1S/C18H23N3O3/c1-11(2)19-18(23)21-16-15(20-12-7-3-4-8-12)13-9-5-6-10-14(13)24-17(16)22/h5-6,9-12,20H,3-4,7-8H2,1-2H3,(H2,19,21,23). The summed E-state index contributed by atoms with van der Waals surface area (Å²) in [6.45, 7) is 3.72. The van der Waals surface area contributed by atoms with Gasteiger partial charge in [0.05, 0.1) is 5.69 Å². The lowest BCUT2D eigenvalue weighted by atomic mass is 10.1. The highest BCUT2D eigenvalue weighted by molar-refractivity contribution is 6.01. The van der Waals surface area contributed by atoms with E-state index in [9.17, 15) is 9.59 Å². The van der Waals surface area contributed by atoms with Crippen LogP contribution in [-0.4, -0.2) is 18.1 Å². The summed E-state index contributed by atoms with van der Waals surface area (Å²) in [5.74, 6) is 0. The zero-order chi connectivity index (χ0) is 17.1. The van der Waals surface area contributed by atoms with Crippen LogP contribution in [-0.2, 0) is 0 Å². The van der Waals surface area contributed by atoms with E-state index in [1.54, 1.807) is 6.07 Å². The molecule has 0 bridgehead atoms. The molecule has 3 rings (SSSR count). The summed E-state index contributed by atoms with van der Waals surface area (Å²) in [6, 6.07) is 7.23. The summed E-state index contributed by atoms with van der Waals surface area (Å²) in [5.41, 5.74) is 0.775. The van der Waals surface area contributed by atoms with E-state index < -0.39 is 11.7 Å². The average Bonchev–Trinajstić information content (AvgIpc) is 3.03. The Morgan fingerprint density at radius 1 is 1.17 bits per heavy atom. The maximum absolute atomic E-state index is 12.4. The Morgan fingerprint density at radius 3 is 2.58 bits per heavy atom. The number of fused-ring (bicyclic) bond motifs is 1. The third kappa shape index (κ3) is 3.53. The van der Waals surface area contributed by atoms with Gasteiger partial charge in [-0.2, -0.15) is 0 Å². The number of hydrogen-bond acceptors (Lipinski definition) is 4. The van der Waals surface area contributed by atoms with Gasteiger partial charge in [-0.25, -0.2) is 9.59 Å². The van der Waals surface area contributed by atoms with Gasteiger partial charge in [0, 0.05) is 17.5 Å². The zero-order valence-corrected chi connectivity index (χ0v) is 14.0. The molecule has 0 unspecified atom stereocenters. The molecule has 24 heavy (non-hydrogen) atoms. The van der Waals surface area contributed by atoms with E-state index in [0.717, 1.165) is 18.2 Å². The maximum Gasteiger partial charge on any atom is 0.362 e. The number of amides is 2. The topological polar surface area (TPSA) is 83.4 Å². The highest BCUT2D eigenvalue weighted by Crippen LogP contribution is 2.32. The lowest BCUT2D eigenvalue weighted by Crippen LogP contribution is -2.36. The molecule has 3 N–H and O–H groups in total. The van der Waals surface area contributed by atoms with Crippen molar-refractivity contribution >= 4 is 28.4 Å². The van der Waals surface area contributed by atoms with Gasteiger partial charge < -0.3 is 15.1 Å². The molecule has 1 aromatic carbocycles. The molecule has 1 aliphatic carbocycles. The average molecular weight is 329 g/mol. The SMILES string of the molecule is CC(C)NC(=O)Nc1c(NC2CCCC2)c2ccccc2oc1=O. The fourth-order valence-electron chi connectivity index (χ4n) is 3.10. The Morgan fingerprint density at radius 2 is 1.88 bits per heavy atom. The van der Waals surface area contributed by atoms with E-state index >= 15 is 0 Å². The number of rotatable bonds is 4. The van der Waals surface area contributed by atoms with Gasteiger partial charge in [0.15, 0.2) is 5.69 Å². The number of para-hydroxylation sites is 1. The van der Waals surface area contributed by atoms with Gasteiger partial charge in [0.2, 0.25) is 0 Å². The molecule has 0 spiro atoms. The van der Waals surface area contributed by atoms with Crippen molar-refractivity contribution in [2.24, 2.45) is 0 Å². The van der Waals surface area contributed by atoms with E-state index in [-0.39, 0.29) is 11.7 Å². The van der Waals surface area contributed by atoms with Gasteiger partial charge in [-0.3, -0.25) is 5.32 Å². The first-order chi connectivity index (χ1) is 11.5. The number of benzene rings is 1. The highest BCUT2D eigenvalue weighted by Gasteiger charge is 2.21. The number of anilines is 2. The summed E-state index contributed by atoms with van der Waals surface area (Å²) >= 11 is 0. The summed E-state index contributed by atoms with van der Waals surface area (Å²) in [5, 5.41) is 9.63. The summed E-state index contributed by atoms with van der Waals surface area (Å²) < 4.78 is 5.37. The second-order valence-corrected chi connectivity index (χ2v) is 6.51. The molecule has 0 aliphatic heterocycles. The second kappa shape index (κ2) is 6.95. The zero-order valence-electron chi connectivity index (χ0n) is 14.0. The molecule has 1 aliphatic rings. The van der Waals surface area contributed by atoms with Crippen LogP contribution in [0.25, 0.3) is 11.0 Å². The van der Waals surface area contributed by atoms with E-state index in [2.05, 4.69) is 16.0 Å². The Labute approximate surface area is 140 Å². The quantitative estimate of drug-likeness (QED) is 0.747. The highest BCUT2D eigenvalue weighted by atomic mass is 16.4. The van der Waals surface area contributed by atoms with Crippen LogP contribution in [0, 0.1) is 0 Å². The number of carbonyl (C=O) groups is 1. The van der Waals surface area contributed by atoms with Gasteiger partial charge in [-0.15, -0.1) is 0 Å². The van der Waals surface area contributed by atoms with Crippen LogP contribution < -0.4 is 21.6 Å². The molecule has 1 fully saturated rings. The summed E-state index contributed by atoms with van der Waals surface area (Å²) in [7, 11) is 0. The monoisotopic (exact) mass is 329 g/mol. The Hall–Kier alpha value is -2.50. The molecule has 1 saturated carbocycles. The van der Waals surface area contributed by atoms with Crippen LogP contribution in [0.4, 0.5) is 16.2 Å². The molecule has 2 aromatic rings. The minimum atomic E-state index is -0.548. The summed E-state index contributed by atoms with van der Waals surface area (Å²) in [4.78, 5) is 24.5. The second-order valence-electron chi connectivity index (χ2n) is 6.51. The maximum atomic E-state index is 12.4. The molecular formula is C18H23N3O3. The lowest BCUT2D eigenvalue weighted by molar-refractivity contribution is 0.250. The van der Waals surface area contributed by atoms with Gasteiger partial charge in [0.25, 0.3) is 0 Å². The normalized spacial score (nSPS) is 15.0. The Kier molecular flexibility index (Phi) is 4.74. The van der Waals surface area contributed by atoms with Gasteiger partial charge in [-0.05, 0) is 38.8 Å². The van der Waals surface area contributed by atoms with Crippen molar-refractivity contribution in [3.8, 4) is 0 Å². The predicted octanol–water partition coefficient (Wildman–Crippen LogP) is 3.68. The minimum Gasteiger partial charge on any atom is -0.421 e. The van der Waals surface area contributed by atoms with E-state index in [4.69, 9.17) is 4.42 Å². The molecule has 0 radical (unpaired) electrons. The number of urea groups is 1. The van der Waals surface area contributed by atoms with Crippen LogP contribution in [0.2, 0.25) is 0 Å². The van der Waals surface area contributed by atoms with Crippen molar-refractivity contribution in [1.29, 1.82) is 0 Å². The smallest absolute Gasteiger partial charge is 0.362 e. The third-order valence-corrected chi connectivity index (χ3v) is 4.18. The summed E-state index contributed by atoms with van der Waals surface area (Å²) in [6.07, 6.45) is 4.47. The number of nitrogens with one attached hydrogen (secondary N) is 3. The molecule has 2 amide bonds. The van der Waals surface area contributed by atoms with Crippen molar-refractivity contribution in [3.05, 3.63) is 34.7 Å². The van der Waals surface area contributed by atoms with Gasteiger partial charge in [-0.1, -0.05) is 25.0 Å². The van der Waals surface area contributed by atoms with Crippen molar-refractivity contribution in [2.75, 3.05) is 10.6 Å². The molecular weight excluding hydrogens is 306 g/mol. The lowest BCUT2D eigenvalue weighted by Gasteiger charge is -2.19. The molecule has 0 atom stereocenters. The van der Waals surface area contributed by atoms with Crippen LogP contribution in [0.15, 0.2) is 33.5 Å². The Balaban J connectivity index is 2.03. The van der Waals surface area contributed by atoms with Crippen LogP contribution >= 0.6 is 0 Å². The number of carbonyl (C=O) groups excluding carboxylic acids is 1. The van der Waals surface area contributed by atoms with Gasteiger partial charge in [0.1, 0.15) is 5.58 Å². The van der Waals surface area contributed by atoms with Crippen LogP contribution in [0.5, 0.6) is 0 Å². The third-order valence-electron chi connectivity index (χ3n) is 4.18. The molecule has 1 aromatic heterocycles. The first-order valence-electron chi connectivity index (χ1n) is 8.44. The Bertz CT molecular complexity index is 792. The fourth-order valence-corrected chi connectivity index (χ4v) is 3.10. The first-order valence-corrected chi connectivity index (χ1v) is 8.44. The van der Waals surface area contributed by atoms with Crippen molar-refractivity contribution in [3.63, 3.8) is 0 Å². The number of hydrogen-bond donors (Lipinski definition) is 3. The van der Waals surface area contributed by atoms with Crippen molar-refractivity contribution in [1.82, 2.24) is 5.32 Å². The molecule has 6 nitrogen and oxygen atoms in total. The van der Waals surface area contributed by atoms with Crippen molar-refractivity contribution in [2.45, 2.75) is 51.6 Å². The fraction of sp³-hybridized carbons (Fsp3) is 0.444. The molecule has 128 valence electrons. The minimum absolute atomic E-state index is 0.0243. The molecule has 6 heteroatoms. The predicted molar refractivity (Wildman–Crippen MR) is 95.7 cm³/mol. The molecule has 1 heterocycles. The van der Waals surface area contributed by atoms with E-state index in [0.29, 0.717) is 17.3 Å². The van der Waals surface area contributed by atoms with E-state index in [1.807, 2.05) is 32.0 Å². The van der Waals surface area contributed by atoms with Gasteiger partial charge >= 0.3 is 11.7 Å². The van der Waals surface area contributed by atoms with Crippen molar-refractivity contribution < 1.29 is 9.21 Å². The van der Waals surface area contributed by atoms with E-state index in [1.165, 1.54) is 12.8 Å². The van der Waals surface area contributed by atoms with Crippen LogP contribution in [0.1, 0.15) is 39.5 Å².